The number of anilines is 2. The van der Waals surface area contributed by atoms with Crippen LogP contribution < -0.4 is 10.2 Å². The molecule has 2 amide bonds. The van der Waals surface area contributed by atoms with Gasteiger partial charge in [-0.2, -0.15) is 10.4 Å². The van der Waals surface area contributed by atoms with Crippen molar-refractivity contribution in [2.75, 3.05) is 16.8 Å². The fourth-order valence-electron chi connectivity index (χ4n) is 4.25. The summed E-state index contributed by atoms with van der Waals surface area (Å²) in [6.07, 6.45) is 0.473. The van der Waals surface area contributed by atoms with Crippen LogP contribution in [0.2, 0.25) is 0 Å². The first kappa shape index (κ1) is 24.7. The van der Waals surface area contributed by atoms with Gasteiger partial charge in [-0.05, 0) is 49.2 Å². The first-order valence-corrected chi connectivity index (χ1v) is 12.0. The van der Waals surface area contributed by atoms with Gasteiger partial charge >= 0.3 is 0 Å². The lowest BCUT2D eigenvalue weighted by molar-refractivity contribution is -0.136. The van der Waals surface area contributed by atoms with Crippen molar-refractivity contribution >= 4 is 29.0 Å². The predicted octanol–water partition coefficient (Wildman–Crippen LogP) is 5.34. The van der Waals surface area contributed by atoms with Gasteiger partial charge in [0.2, 0.25) is 5.91 Å². The number of nitrogens with zero attached hydrogens (tertiary/aromatic N) is 4. The minimum absolute atomic E-state index is 0.315. The molecule has 1 aliphatic rings. The topological polar surface area (TPSA) is 88.8 Å². The monoisotopic (exact) mass is 479 g/mol. The fraction of sp³-hybridized carbons (Fsp3) is 0.241. The quantitative estimate of drug-likeness (QED) is 0.463. The van der Waals surface area contributed by atoms with Crippen LogP contribution in [0.3, 0.4) is 0 Å². The van der Waals surface area contributed by atoms with E-state index < -0.39 is 0 Å². The number of nitriles is 1. The van der Waals surface area contributed by atoms with Crippen molar-refractivity contribution < 1.29 is 9.59 Å². The molecule has 0 unspecified atom stereocenters. The van der Waals surface area contributed by atoms with E-state index in [0.717, 1.165) is 22.4 Å². The number of carbonyl (C=O) groups excluding carboxylic acids is 2. The summed E-state index contributed by atoms with van der Waals surface area (Å²) in [5.74, 6) is -0.0794. The van der Waals surface area contributed by atoms with E-state index in [-0.39, 0.29) is 24.3 Å². The Labute approximate surface area is 211 Å². The predicted molar refractivity (Wildman–Crippen MR) is 141 cm³/mol. The number of hydrazone groups is 1. The van der Waals surface area contributed by atoms with Crippen LogP contribution in [0.1, 0.15) is 42.0 Å². The summed E-state index contributed by atoms with van der Waals surface area (Å²) >= 11 is 0. The summed E-state index contributed by atoms with van der Waals surface area (Å²) < 4.78 is 0. The van der Waals surface area contributed by atoms with Gasteiger partial charge in [0.25, 0.3) is 5.91 Å². The molecule has 0 aromatic heterocycles. The van der Waals surface area contributed by atoms with E-state index in [1.165, 1.54) is 5.01 Å². The van der Waals surface area contributed by atoms with Gasteiger partial charge in [-0.25, -0.2) is 5.01 Å². The Hall–Kier alpha value is -4.44. The third-order valence-corrected chi connectivity index (χ3v) is 6.05. The zero-order valence-electron chi connectivity index (χ0n) is 20.5. The highest BCUT2D eigenvalue weighted by atomic mass is 16.2. The lowest BCUT2D eigenvalue weighted by Gasteiger charge is -2.24. The third-order valence-electron chi connectivity index (χ3n) is 6.05. The number of hydrogen-bond acceptors (Lipinski definition) is 5. The molecule has 0 bridgehead atoms. The van der Waals surface area contributed by atoms with Crippen LogP contribution in [0.25, 0.3) is 0 Å². The third kappa shape index (κ3) is 5.97. The number of rotatable bonds is 7. The normalized spacial score (nSPS) is 14.6. The molecule has 4 rings (SSSR count). The molecule has 182 valence electrons. The molecule has 0 saturated heterocycles. The van der Waals surface area contributed by atoms with Crippen molar-refractivity contribution in [2.45, 2.75) is 39.2 Å². The molecule has 3 aromatic rings. The number of benzene rings is 3. The second-order valence-corrected chi connectivity index (χ2v) is 8.87. The van der Waals surface area contributed by atoms with Crippen molar-refractivity contribution in [2.24, 2.45) is 5.10 Å². The highest BCUT2D eigenvalue weighted by molar-refractivity contribution is 6.06. The van der Waals surface area contributed by atoms with Crippen LogP contribution in [0.15, 0.2) is 84.0 Å². The summed E-state index contributed by atoms with van der Waals surface area (Å²) in [5.41, 5.74) is 4.68. The van der Waals surface area contributed by atoms with E-state index in [1.807, 2.05) is 97.6 Å². The molecule has 0 saturated carbocycles. The standard InChI is InChI=1S/C29H29N5O2/c1-21-12-14-24(15-13-21)31-28(35)20-29(36)34-26(23-9-4-3-5-10-23)19-27(32-34)33(17-7-16-30)25-11-6-8-22(2)18-25/h3-6,8-15,18,26H,7,17,19-20H2,1-2H3,(H,31,35)/t26-/m1/s1. The van der Waals surface area contributed by atoms with Gasteiger partial charge in [-0.1, -0.05) is 60.2 Å². The zero-order chi connectivity index (χ0) is 25.5. The number of aryl methyl sites for hydroxylation is 2. The summed E-state index contributed by atoms with van der Waals surface area (Å²) in [6, 6.07) is 27.0. The van der Waals surface area contributed by atoms with Gasteiger partial charge < -0.3 is 10.2 Å². The SMILES string of the molecule is Cc1ccc(NC(=O)CC(=O)N2N=C(N(CCC#N)c3cccc(C)c3)C[C@@H]2c2ccccc2)cc1. The Kier molecular flexibility index (Phi) is 7.76. The van der Waals surface area contributed by atoms with Gasteiger partial charge in [-0.3, -0.25) is 9.59 Å². The average molecular weight is 480 g/mol. The first-order chi connectivity index (χ1) is 17.4. The van der Waals surface area contributed by atoms with Crippen LogP contribution in [0.4, 0.5) is 11.4 Å². The summed E-state index contributed by atoms with van der Waals surface area (Å²) in [6.45, 7) is 4.44. The molecular formula is C29H29N5O2. The molecule has 7 nitrogen and oxygen atoms in total. The highest BCUT2D eigenvalue weighted by Gasteiger charge is 2.35. The fourth-order valence-corrected chi connectivity index (χ4v) is 4.25. The largest absolute Gasteiger partial charge is 0.327 e. The van der Waals surface area contributed by atoms with Crippen LogP contribution >= 0.6 is 0 Å². The second kappa shape index (κ2) is 11.3. The number of hydrogen-bond donors (Lipinski definition) is 1. The lowest BCUT2D eigenvalue weighted by Crippen LogP contribution is -2.31. The molecule has 1 N–H and O–H groups in total. The van der Waals surface area contributed by atoms with Crippen molar-refractivity contribution in [1.82, 2.24) is 5.01 Å². The maximum atomic E-state index is 13.3. The number of amidine groups is 1. The smallest absolute Gasteiger partial charge is 0.252 e. The van der Waals surface area contributed by atoms with Crippen molar-refractivity contribution in [3.8, 4) is 6.07 Å². The van der Waals surface area contributed by atoms with Gasteiger partial charge in [0.1, 0.15) is 12.3 Å². The minimum Gasteiger partial charge on any atom is -0.327 e. The number of nitrogens with one attached hydrogen (secondary N) is 1. The minimum atomic E-state index is -0.390. The maximum Gasteiger partial charge on any atom is 0.252 e. The molecule has 3 aromatic carbocycles. The Bertz CT molecular complexity index is 1300. The molecule has 36 heavy (non-hydrogen) atoms. The Balaban J connectivity index is 1.60. The van der Waals surface area contributed by atoms with E-state index in [4.69, 9.17) is 5.10 Å². The summed E-state index contributed by atoms with van der Waals surface area (Å²) in [7, 11) is 0. The van der Waals surface area contributed by atoms with E-state index in [9.17, 15) is 14.9 Å². The Morgan fingerprint density at radius 2 is 1.78 bits per heavy atom. The molecule has 1 atom stereocenters. The molecule has 1 heterocycles. The molecular weight excluding hydrogens is 450 g/mol. The lowest BCUT2D eigenvalue weighted by atomic mass is 10.0. The van der Waals surface area contributed by atoms with E-state index in [2.05, 4.69) is 11.4 Å². The molecule has 0 spiro atoms. The molecule has 7 heteroatoms. The van der Waals surface area contributed by atoms with Gasteiger partial charge in [0.15, 0.2) is 0 Å². The molecule has 0 radical (unpaired) electrons. The number of amides is 2. The van der Waals surface area contributed by atoms with E-state index >= 15 is 0 Å². The highest BCUT2D eigenvalue weighted by Crippen LogP contribution is 2.34. The van der Waals surface area contributed by atoms with Crippen molar-refractivity contribution in [1.29, 1.82) is 5.26 Å². The van der Waals surface area contributed by atoms with Crippen LogP contribution in [-0.2, 0) is 9.59 Å². The number of carbonyl (C=O) groups is 2. The van der Waals surface area contributed by atoms with Gasteiger partial charge in [0.05, 0.1) is 18.5 Å². The summed E-state index contributed by atoms with van der Waals surface area (Å²) in [4.78, 5) is 28.0. The molecule has 0 aliphatic carbocycles. The van der Waals surface area contributed by atoms with E-state index in [0.29, 0.717) is 30.9 Å². The second-order valence-electron chi connectivity index (χ2n) is 8.87. The summed E-state index contributed by atoms with van der Waals surface area (Å²) in [5, 5.41) is 18.2. The Morgan fingerprint density at radius 3 is 2.47 bits per heavy atom. The van der Waals surface area contributed by atoms with Gasteiger partial charge in [-0.15, -0.1) is 0 Å². The van der Waals surface area contributed by atoms with Gasteiger partial charge in [0, 0.05) is 24.3 Å². The average Bonchev–Trinajstić information content (AvgIpc) is 3.32. The van der Waals surface area contributed by atoms with E-state index in [1.54, 1.807) is 0 Å². The molecule has 1 aliphatic heterocycles. The van der Waals surface area contributed by atoms with Crippen molar-refractivity contribution in [3.05, 3.63) is 95.6 Å². The Morgan fingerprint density at radius 1 is 1.03 bits per heavy atom. The van der Waals surface area contributed by atoms with Crippen LogP contribution in [0, 0.1) is 25.2 Å². The van der Waals surface area contributed by atoms with Crippen LogP contribution in [-0.4, -0.2) is 29.2 Å². The van der Waals surface area contributed by atoms with Crippen molar-refractivity contribution in [3.63, 3.8) is 0 Å². The first-order valence-electron chi connectivity index (χ1n) is 12.0. The molecule has 0 fully saturated rings. The zero-order valence-corrected chi connectivity index (χ0v) is 20.5. The van der Waals surface area contributed by atoms with Crippen LogP contribution in [0.5, 0.6) is 0 Å². The maximum absolute atomic E-state index is 13.3.